The number of nitrogens with one attached hydrogen (secondary N) is 1. The molecule has 0 amide bonds. The number of nitro benzene ring substituents is 1. The predicted molar refractivity (Wildman–Crippen MR) is 152 cm³/mol. The molecule has 9 nitrogen and oxygen atoms in total. The Morgan fingerprint density at radius 2 is 1.36 bits per heavy atom. The third-order valence-corrected chi connectivity index (χ3v) is 8.92. The summed E-state index contributed by atoms with van der Waals surface area (Å²) in [6.07, 6.45) is 6.04. The Balaban J connectivity index is 0.000000257. The van der Waals surface area contributed by atoms with Crippen molar-refractivity contribution in [2.75, 3.05) is 18.4 Å². The van der Waals surface area contributed by atoms with Crippen LogP contribution in [0, 0.1) is 10.1 Å². The number of rotatable bonds is 5. The van der Waals surface area contributed by atoms with Crippen LogP contribution in [-0.4, -0.2) is 49.5 Å². The molecule has 0 aromatic heterocycles. The zero-order valence-electron chi connectivity index (χ0n) is 21.8. The number of benzene rings is 3. The number of likely N-dealkylation sites (tertiary alicyclic amines) is 1. The first-order valence-electron chi connectivity index (χ1n) is 13.4. The van der Waals surface area contributed by atoms with Crippen molar-refractivity contribution in [2.24, 2.45) is 10.9 Å². The van der Waals surface area contributed by atoms with Crippen molar-refractivity contribution in [3.05, 3.63) is 99.1 Å². The van der Waals surface area contributed by atoms with Gasteiger partial charge in [0.1, 0.15) is 5.69 Å². The molecule has 0 atom stereocenters. The topological polar surface area (TPSA) is 145 Å². The van der Waals surface area contributed by atoms with Crippen LogP contribution in [0.3, 0.4) is 0 Å². The lowest BCUT2D eigenvalue weighted by Gasteiger charge is -2.36. The molecule has 3 aromatic rings. The number of nitrogens with zero attached hydrogens (tertiary/aromatic N) is 2. The Morgan fingerprint density at radius 1 is 0.846 bits per heavy atom. The summed E-state index contributed by atoms with van der Waals surface area (Å²) in [4.78, 5) is 13.1. The molecule has 1 heterocycles. The number of nitro groups is 1. The largest absolute Gasteiger partial charge is 0.377 e. The van der Waals surface area contributed by atoms with Crippen LogP contribution in [0.2, 0.25) is 0 Å². The normalized spacial score (nSPS) is 18.2. The Morgan fingerprint density at radius 3 is 1.85 bits per heavy atom. The van der Waals surface area contributed by atoms with Gasteiger partial charge < -0.3 is 11.1 Å². The van der Waals surface area contributed by atoms with E-state index in [1.165, 1.54) is 34.4 Å². The average Bonchev–Trinajstić information content (AvgIpc) is 3.51. The van der Waals surface area contributed by atoms with Gasteiger partial charge in [0, 0.05) is 37.3 Å². The predicted octanol–water partition coefficient (Wildman–Crippen LogP) is 3.40. The molecule has 3 aromatic carbocycles. The van der Waals surface area contributed by atoms with Crippen molar-refractivity contribution in [2.45, 2.75) is 61.5 Å². The number of hydrogen-bond acceptors (Lipinski definition) is 7. The summed E-state index contributed by atoms with van der Waals surface area (Å²) in [6, 6.07) is 21.8. The third-order valence-electron chi connectivity index (χ3n) is 8.01. The standard InChI is InChI=1S/C20H24N4O4S.C9H11N/c21-29(27,28)18-5-6-19(20(13-18)24(25)26)22-16-7-9-23(10-8-16)17-11-14-3-1-2-4-15(14)12-17;10-9-5-7-3-1-2-4-8(7)6-9/h1-6,13,16-17,22H,7-12H2,(H2,21,27,28);1-4,9H,5-6,10H2. The fourth-order valence-electron chi connectivity index (χ4n) is 5.98. The highest BCUT2D eigenvalue weighted by Crippen LogP contribution is 2.31. The van der Waals surface area contributed by atoms with Crippen LogP contribution in [-0.2, 0) is 35.7 Å². The molecular weight excluding hydrogens is 514 g/mol. The van der Waals surface area contributed by atoms with Crippen LogP contribution in [0.5, 0.6) is 0 Å². The van der Waals surface area contributed by atoms with Gasteiger partial charge in [-0.3, -0.25) is 15.0 Å². The highest BCUT2D eigenvalue weighted by atomic mass is 32.2. The number of hydrogen-bond donors (Lipinski definition) is 3. The highest BCUT2D eigenvalue weighted by molar-refractivity contribution is 7.89. The summed E-state index contributed by atoms with van der Waals surface area (Å²) in [5.74, 6) is 0. The van der Waals surface area contributed by atoms with Gasteiger partial charge in [-0.05, 0) is 72.9 Å². The van der Waals surface area contributed by atoms with Crippen LogP contribution in [0.25, 0.3) is 0 Å². The molecule has 1 aliphatic heterocycles. The summed E-state index contributed by atoms with van der Waals surface area (Å²) < 4.78 is 23.0. The van der Waals surface area contributed by atoms with Crippen LogP contribution in [0.4, 0.5) is 11.4 Å². The molecule has 0 radical (unpaired) electrons. The summed E-state index contributed by atoms with van der Waals surface area (Å²) in [5.41, 5.74) is 11.6. The fraction of sp³-hybridized carbons (Fsp3) is 0.379. The molecule has 39 heavy (non-hydrogen) atoms. The van der Waals surface area contributed by atoms with Crippen molar-refractivity contribution in [1.82, 2.24) is 4.90 Å². The highest BCUT2D eigenvalue weighted by Gasteiger charge is 2.30. The van der Waals surface area contributed by atoms with Gasteiger partial charge in [0.25, 0.3) is 5.69 Å². The summed E-state index contributed by atoms with van der Waals surface area (Å²) in [5, 5.41) is 19.7. The van der Waals surface area contributed by atoms with Crippen LogP contribution >= 0.6 is 0 Å². The monoisotopic (exact) mass is 549 g/mol. The zero-order valence-corrected chi connectivity index (χ0v) is 22.6. The van der Waals surface area contributed by atoms with E-state index in [0.717, 1.165) is 57.7 Å². The Labute approximate surface area is 229 Å². The molecule has 206 valence electrons. The summed E-state index contributed by atoms with van der Waals surface area (Å²) in [6.45, 7) is 1.86. The maximum atomic E-state index is 11.5. The van der Waals surface area contributed by atoms with Gasteiger partial charge >= 0.3 is 0 Å². The van der Waals surface area contributed by atoms with E-state index < -0.39 is 14.9 Å². The number of anilines is 1. The second kappa shape index (κ2) is 11.4. The minimum Gasteiger partial charge on any atom is -0.377 e. The molecule has 0 bridgehead atoms. The molecule has 1 fully saturated rings. The van der Waals surface area contributed by atoms with Gasteiger partial charge in [-0.25, -0.2) is 13.6 Å². The van der Waals surface area contributed by atoms with Crippen molar-refractivity contribution >= 4 is 21.4 Å². The Hall–Kier alpha value is -3.31. The minimum absolute atomic E-state index is 0.106. The Bertz CT molecular complexity index is 1400. The first kappa shape index (κ1) is 27.3. The molecule has 0 spiro atoms. The molecule has 2 aliphatic carbocycles. The van der Waals surface area contributed by atoms with Crippen LogP contribution in [0.15, 0.2) is 71.6 Å². The van der Waals surface area contributed by atoms with E-state index in [-0.39, 0.29) is 16.6 Å². The first-order valence-corrected chi connectivity index (χ1v) is 14.9. The van der Waals surface area contributed by atoms with Crippen molar-refractivity contribution in [3.8, 4) is 0 Å². The molecule has 5 N–H and O–H groups in total. The second-order valence-electron chi connectivity index (χ2n) is 10.7. The van der Waals surface area contributed by atoms with Crippen LogP contribution in [0.1, 0.15) is 35.1 Å². The van der Waals surface area contributed by atoms with Crippen LogP contribution < -0.4 is 16.2 Å². The lowest BCUT2D eigenvalue weighted by Crippen LogP contribution is -2.45. The van der Waals surface area contributed by atoms with Gasteiger partial charge in [-0.15, -0.1) is 0 Å². The molecular formula is C29H35N5O4S. The molecule has 3 aliphatic rings. The minimum atomic E-state index is -3.99. The number of primary sulfonamides is 1. The average molecular weight is 550 g/mol. The summed E-state index contributed by atoms with van der Waals surface area (Å²) in [7, 11) is -3.99. The third kappa shape index (κ3) is 6.47. The van der Waals surface area contributed by atoms with E-state index in [2.05, 4.69) is 58.7 Å². The van der Waals surface area contributed by atoms with Crippen molar-refractivity contribution < 1.29 is 13.3 Å². The SMILES string of the molecule is NC1Cc2ccccc2C1.NS(=O)(=O)c1ccc(NC2CCN(C3Cc4ccccc4C3)CC2)c([N+](=O)[O-])c1. The zero-order chi connectivity index (χ0) is 27.6. The van der Waals surface area contributed by atoms with Crippen molar-refractivity contribution in [3.63, 3.8) is 0 Å². The van der Waals surface area contributed by atoms with Gasteiger partial charge in [0.2, 0.25) is 10.0 Å². The van der Waals surface area contributed by atoms with E-state index in [1.807, 2.05) is 0 Å². The van der Waals surface area contributed by atoms with Gasteiger partial charge in [0.15, 0.2) is 0 Å². The maximum Gasteiger partial charge on any atom is 0.293 e. The number of nitrogens with two attached hydrogens (primary N) is 2. The lowest BCUT2D eigenvalue weighted by molar-refractivity contribution is -0.384. The Kier molecular flexibility index (Phi) is 7.99. The van der Waals surface area contributed by atoms with Gasteiger partial charge in [-0.1, -0.05) is 48.5 Å². The van der Waals surface area contributed by atoms with Gasteiger partial charge in [0.05, 0.1) is 9.82 Å². The maximum absolute atomic E-state index is 11.5. The van der Waals surface area contributed by atoms with E-state index in [4.69, 9.17) is 10.9 Å². The smallest absolute Gasteiger partial charge is 0.293 e. The second-order valence-corrected chi connectivity index (χ2v) is 12.3. The van der Waals surface area contributed by atoms with E-state index >= 15 is 0 Å². The molecule has 6 rings (SSSR count). The number of fused-ring (bicyclic) bond motifs is 2. The first-order chi connectivity index (χ1) is 18.7. The number of piperidine rings is 1. The van der Waals surface area contributed by atoms with E-state index in [9.17, 15) is 18.5 Å². The number of sulfonamides is 1. The fourth-order valence-corrected chi connectivity index (χ4v) is 6.51. The molecule has 10 heteroatoms. The van der Waals surface area contributed by atoms with Gasteiger partial charge in [-0.2, -0.15) is 0 Å². The molecule has 0 saturated carbocycles. The lowest BCUT2D eigenvalue weighted by atomic mass is 10.0. The van der Waals surface area contributed by atoms with Crippen molar-refractivity contribution in [1.29, 1.82) is 0 Å². The summed E-state index contributed by atoms with van der Waals surface area (Å²) >= 11 is 0. The molecule has 1 saturated heterocycles. The quantitative estimate of drug-likeness (QED) is 0.327. The molecule has 0 unspecified atom stereocenters. The van der Waals surface area contributed by atoms with E-state index in [1.54, 1.807) is 0 Å². The van der Waals surface area contributed by atoms with E-state index in [0.29, 0.717) is 17.8 Å².